The number of ether oxygens (including phenoxy) is 1. The smallest absolute Gasteiger partial charge is 0.289 e. The predicted octanol–water partition coefficient (Wildman–Crippen LogP) is 4.98. The minimum atomic E-state index is -0.500. The summed E-state index contributed by atoms with van der Waals surface area (Å²) < 4.78 is 5.78. The maximum Gasteiger partial charge on any atom is 0.289 e. The fourth-order valence-electron chi connectivity index (χ4n) is 3.03. The summed E-state index contributed by atoms with van der Waals surface area (Å²) in [6, 6.07) is 22.3. The van der Waals surface area contributed by atoms with Crippen molar-refractivity contribution in [2.75, 3.05) is 0 Å². The van der Waals surface area contributed by atoms with E-state index in [0.717, 1.165) is 11.1 Å². The number of carbonyl (C=O) groups is 1. The second kappa shape index (κ2) is 10.4. The molecule has 1 heterocycles. The molecule has 0 unspecified atom stereocenters. The molecule has 0 aliphatic heterocycles. The van der Waals surface area contributed by atoms with Gasteiger partial charge in [0.25, 0.3) is 11.6 Å². The third-order valence-electron chi connectivity index (χ3n) is 4.79. The number of aromatic nitrogens is 2. The van der Waals surface area contributed by atoms with Crippen molar-refractivity contribution in [3.8, 4) is 17.0 Å². The molecule has 0 saturated carbocycles. The molecule has 10 heteroatoms. The number of H-pyrrole nitrogens is 1. The van der Waals surface area contributed by atoms with E-state index in [0.29, 0.717) is 28.6 Å². The van der Waals surface area contributed by atoms with Crippen molar-refractivity contribution < 1.29 is 14.5 Å². The Balaban J connectivity index is 1.35. The van der Waals surface area contributed by atoms with Crippen molar-refractivity contribution in [3.63, 3.8) is 0 Å². The Bertz CT molecular complexity index is 1350. The van der Waals surface area contributed by atoms with E-state index in [1.807, 2.05) is 48.5 Å². The van der Waals surface area contributed by atoms with E-state index in [1.54, 1.807) is 12.1 Å². The van der Waals surface area contributed by atoms with Gasteiger partial charge in [0, 0.05) is 33.8 Å². The first-order valence-corrected chi connectivity index (χ1v) is 10.5. The molecule has 0 saturated heterocycles. The first kappa shape index (κ1) is 22.7. The zero-order chi connectivity index (χ0) is 23.9. The number of hydrogen-bond donors (Lipinski definition) is 2. The zero-order valence-corrected chi connectivity index (χ0v) is 18.4. The Morgan fingerprint density at radius 1 is 1.12 bits per heavy atom. The summed E-state index contributed by atoms with van der Waals surface area (Å²) in [5, 5.41) is 22.2. The molecule has 170 valence electrons. The minimum absolute atomic E-state index is 0.0613. The molecular formula is C24H18ClN5O4. The minimum Gasteiger partial charge on any atom is -0.489 e. The van der Waals surface area contributed by atoms with Gasteiger partial charge in [-0.15, -0.1) is 0 Å². The van der Waals surface area contributed by atoms with Crippen LogP contribution in [0, 0.1) is 10.1 Å². The molecule has 0 spiro atoms. The molecule has 4 aromatic rings. The molecular weight excluding hydrogens is 458 g/mol. The molecule has 0 radical (unpaired) electrons. The van der Waals surface area contributed by atoms with Crippen molar-refractivity contribution in [1.82, 2.24) is 15.6 Å². The molecule has 1 amide bonds. The SMILES string of the molecule is O=C(NN=Cc1cccc([N+](=O)[O-])c1)c1cc(-c2ccc(OCc3ccccc3Cl)cc2)n[nH]1. The number of carbonyl (C=O) groups excluding carboxylic acids is 1. The average Bonchev–Trinajstić information content (AvgIpc) is 3.34. The first-order valence-electron chi connectivity index (χ1n) is 10.1. The monoisotopic (exact) mass is 475 g/mol. The number of hydrazone groups is 1. The molecule has 0 bridgehead atoms. The fourth-order valence-corrected chi connectivity index (χ4v) is 3.22. The van der Waals surface area contributed by atoms with Crippen molar-refractivity contribution in [3.05, 3.63) is 111 Å². The van der Waals surface area contributed by atoms with Crippen LogP contribution in [0.1, 0.15) is 21.6 Å². The Kier molecular flexibility index (Phi) is 6.95. The van der Waals surface area contributed by atoms with E-state index >= 15 is 0 Å². The summed E-state index contributed by atoms with van der Waals surface area (Å²) in [5.41, 5.74) is 5.26. The number of benzene rings is 3. The van der Waals surface area contributed by atoms with Gasteiger partial charge >= 0.3 is 0 Å². The number of hydrogen-bond acceptors (Lipinski definition) is 6. The van der Waals surface area contributed by atoms with Gasteiger partial charge in [0.05, 0.1) is 16.8 Å². The van der Waals surface area contributed by atoms with E-state index in [9.17, 15) is 14.9 Å². The van der Waals surface area contributed by atoms with Crippen LogP contribution < -0.4 is 10.2 Å². The highest BCUT2D eigenvalue weighted by molar-refractivity contribution is 6.31. The molecule has 4 rings (SSSR count). The molecule has 0 aliphatic rings. The van der Waals surface area contributed by atoms with Crippen molar-refractivity contribution in [2.24, 2.45) is 5.10 Å². The second-order valence-electron chi connectivity index (χ2n) is 7.12. The molecule has 1 aromatic heterocycles. The predicted molar refractivity (Wildman–Crippen MR) is 128 cm³/mol. The third kappa shape index (κ3) is 5.64. The number of nitro groups is 1. The molecule has 0 fully saturated rings. The van der Waals surface area contributed by atoms with Crippen LogP contribution in [0.5, 0.6) is 5.75 Å². The number of nitro benzene ring substituents is 1. The largest absolute Gasteiger partial charge is 0.489 e. The van der Waals surface area contributed by atoms with Gasteiger partial charge < -0.3 is 4.74 Å². The summed E-state index contributed by atoms with van der Waals surface area (Å²) >= 11 is 6.15. The van der Waals surface area contributed by atoms with Crippen molar-refractivity contribution in [2.45, 2.75) is 6.61 Å². The Morgan fingerprint density at radius 3 is 2.68 bits per heavy atom. The molecule has 2 N–H and O–H groups in total. The Hall–Kier alpha value is -4.50. The van der Waals surface area contributed by atoms with Crippen LogP contribution in [0.3, 0.4) is 0 Å². The van der Waals surface area contributed by atoms with Crippen LogP contribution in [-0.4, -0.2) is 27.2 Å². The van der Waals surface area contributed by atoms with Crippen LogP contribution in [0.4, 0.5) is 5.69 Å². The number of nitrogens with zero attached hydrogens (tertiary/aromatic N) is 3. The quantitative estimate of drug-likeness (QED) is 0.211. The number of nitrogens with one attached hydrogen (secondary N) is 2. The standard InChI is InChI=1S/C24H18ClN5O4/c25-21-7-2-1-5-18(21)15-34-20-10-8-17(9-11-20)22-13-23(28-27-22)24(31)29-26-14-16-4-3-6-19(12-16)30(32)33/h1-14H,15H2,(H,27,28)(H,29,31). The van der Waals surface area contributed by atoms with Crippen LogP contribution in [0.25, 0.3) is 11.3 Å². The Morgan fingerprint density at radius 2 is 1.91 bits per heavy atom. The van der Waals surface area contributed by atoms with Gasteiger partial charge in [0.2, 0.25) is 0 Å². The average molecular weight is 476 g/mol. The van der Waals surface area contributed by atoms with Crippen LogP contribution in [0.15, 0.2) is 84.0 Å². The van der Waals surface area contributed by atoms with Gasteiger partial charge in [-0.1, -0.05) is 41.9 Å². The summed E-state index contributed by atoms with van der Waals surface area (Å²) in [5.74, 6) is 0.174. The van der Waals surface area contributed by atoms with Crippen LogP contribution in [-0.2, 0) is 6.61 Å². The summed E-state index contributed by atoms with van der Waals surface area (Å²) in [6.45, 7) is 0.350. The van der Waals surface area contributed by atoms with Gasteiger partial charge in [0.1, 0.15) is 18.1 Å². The first-order chi connectivity index (χ1) is 16.5. The lowest BCUT2D eigenvalue weighted by molar-refractivity contribution is -0.384. The number of amides is 1. The van der Waals surface area contributed by atoms with Crippen LogP contribution in [0.2, 0.25) is 5.02 Å². The second-order valence-corrected chi connectivity index (χ2v) is 7.53. The lowest BCUT2D eigenvalue weighted by Crippen LogP contribution is -2.18. The van der Waals surface area contributed by atoms with E-state index in [1.165, 1.54) is 24.4 Å². The highest BCUT2D eigenvalue weighted by Gasteiger charge is 2.11. The molecule has 0 atom stereocenters. The number of rotatable bonds is 8. The lowest BCUT2D eigenvalue weighted by Gasteiger charge is -2.08. The number of halogens is 1. The normalized spacial score (nSPS) is 10.9. The fraction of sp³-hybridized carbons (Fsp3) is 0.0417. The molecule has 9 nitrogen and oxygen atoms in total. The number of aromatic amines is 1. The lowest BCUT2D eigenvalue weighted by atomic mass is 10.1. The van der Waals surface area contributed by atoms with Gasteiger partial charge in [-0.2, -0.15) is 10.2 Å². The van der Waals surface area contributed by atoms with Crippen LogP contribution >= 0.6 is 11.6 Å². The van der Waals surface area contributed by atoms with Gasteiger partial charge in [0.15, 0.2) is 0 Å². The summed E-state index contributed by atoms with van der Waals surface area (Å²) in [7, 11) is 0. The highest BCUT2D eigenvalue weighted by atomic mass is 35.5. The van der Waals surface area contributed by atoms with Gasteiger partial charge in [-0.25, -0.2) is 5.43 Å². The van der Waals surface area contributed by atoms with E-state index in [4.69, 9.17) is 16.3 Å². The topological polar surface area (TPSA) is 123 Å². The maximum absolute atomic E-state index is 12.3. The Labute approximate surface area is 199 Å². The number of non-ortho nitro benzene ring substituents is 1. The van der Waals surface area contributed by atoms with Gasteiger partial charge in [-0.3, -0.25) is 20.0 Å². The van der Waals surface area contributed by atoms with Crippen molar-refractivity contribution >= 4 is 29.4 Å². The zero-order valence-electron chi connectivity index (χ0n) is 17.6. The highest BCUT2D eigenvalue weighted by Crippen LogP contribution is 2.23. The van der Waals surface area contributed by atoms with E-state index in [-0.39, 0.29) is 11.4 Å². The molecule has 3 aromatic carbocycles. The molecule has 0 aliphatic carbocycles. The summed E-state index contributed by atoms with van der Waals surface area (Å²) in [4.78, 5) is 22.7. The maximum atomic E-state index is 12.3. The summed E-state index contributed by atoms with van der Waals surface area (Å²) in [6.07, 6.45) is 1.32. The van der Waals surface area contributed by atoms with Crippen molar-refractivity contribution in [1.29, 1.82) is 0 Å². The third-order valence-corrected chi connectivity index (χ3v) is 5.15. The van der Waals surface area contributed by atoms with Gasteiger partial charge in [-0.05, 0) is 36.4 Å². The van der Waals surface area contributed by atoms with E-state index < -0.39 is 10.8 Å². The molecule has 34 heavy (non-hydrogen) atoms. The van der Waals surface area contributed by atoms with E-state index in [2.05, 4.69) is 20.7 Å².